The van der Waals surface area contributed by atoms with Crippen molar-refractivity contribution in [1.29, 1.82) is 0 Å². The number of hydrogen-bond donors (Lipinski definition) is 2. The molecule has 0 aliphatic heterocycles. The first-order valence-corrected chi connectivity index (χ1v) is 12.7. The number of nitrogens with one attached hydrogen (secondary N) is 1. The molecule has 1 aromatic carbocycles. The van der Waals surface area contributed by atoms with Gasteiger partial charge in [0.15, 0.2) is 0 Å². The van der Waals surface area contributed by atoms with E-state index in [0.717, 1.165) is 54.9 Å². The average molecular weight is 397 g/mol. The van der Waals surface area contributed by atoms with Gasteiger partial charge in [-0.1, -0.05) is 52.5 Å². The van der Waals surface area contributed by atoms with Crippen LogP contribution in [0.5, 0.6) is 0 Å². The zero-order valence-corrected chi connectivity index (χ0v) is 19.1. The highest BCUT2D eigenvalue weighted by Gasteiger charge is 2.49. The highest BCUT2D eigenvalue weighted by Crippen LogP contribution is 2.60. The molecule has 7 unspecified atom stereocenters. The van der Waals surface area contributed by atoms with Crippen LogP contribution in [-0.4, -0.2) is 6.54 Å². The van der Waals surface area contributed by atoms with Gasteiger partial charge in [0.25, 0.3) is 0 Å². The molecular weight excluding hydrogens is 352 g/mol. The van der Waals surface area contributed by atoms with E-state index < -0.39 is 0 Å². The number of hydrogen-bond acceptors (Lipinski definition) is 2. The first kappa shape index (κ1) is 21.2. The smallest absolute Gasteiger partial charge is 0.0346 e. The maximum Gasteiger partial charge on any atom is 0.0346 e. The number of fused-ring (bicyclic) bond motifs is 2. The Labute approximate surface area is 179 Å². The predicted octanol–water partition coefficient (Wildman–Crippen LogP) is 7.26. The van der Waals surface area contributed by atoms with E-state index in [1.165, 1.54) is 62.6 Å². The van der Waals surface area contributed by atoms with Crippen molar-refractivity contribution in [2.45, 2.75) is 96.9 Å². The zero-order chi connectivity index (χ0) is 20.4. The lowest BCUT2D eigenvalue weighted by atomic mass is 9.62. The molecule has 29 heavy (non-hydrogen) atoms. The first-order chi connectivity index (χ1) is 14.1. The third-order valence-corrected chi connectivity index (χ3v) is 8.48. The number of anilines is 1. The Morgan fingerprint density at radius 1 is 1.00 bits per heavy atom. The minimum atomic E-state index is 0.174. The molecule has 0 heterocycles. The van der Waals surface area contributed by atoms with Crippen molar-refractivity contribution >= 4 is 5.69 Å². The van der Waals surface area contributed by atoms with Crippen molar-refractivity contribution in [2.24, 2.45) is 35.3 Å². The molecule has 7 atom stereocenters. The molecule has 0 radical (unpaired) electrons. The molecule has 0 aromatic heterocycles. The molecule has 3 saturated carbocycles. The Morgan fingerprint density at radius 3 is 2.66 bits per heavy atom. The van der Waals surface area contributed by atoms with Crippen LogP contribution in [0.3, 0.4) is 0 Å². The maximum atomic E-state index is 6.64. The molecule has 0 spiro atoms. The van der Waals surface area contributed by atoms with Crippen LogP contribution in [0.15, 0.2) is 18.2 Å². The summed E-state index contributed by atoms with van der Waals surface area (Å²) in [7, 11) is 0. The number of rotatable bonds is 8. The van der Waals surface area contributed by atoms with E-state index in [0.29, 0.717) is 0 Å². The first-order valence-electron chi connectivity index (χ1n) is 12.7. The van der Waals surface area contributed by atoms with Gasteiger partial charge in [0.1, 0.15) is 0 Å². The fraction of sp³-hybridized carbons (Fsp3) is 0.778. The van der Waals surface area contributed by atoms with E-state index in [1.54, 1.807) is 5.56 Å². The number of benzene rings is 1. The van der Waals surface area contributed by atoms with Crippen molar-refractivity contribution < 1.29 is 0 Å². The molecule has 3 fully saturated rings. The summed E-state index contributed by atoms with van der Waals surface area (Å²) in [5.41, 5.74) is 10.9. The Balaban J connectivity index is 1.68. The molecule has 1 aromatic rings. The third kappa shape index (κ3) is 4.53. The molecule has 0 saturated heterocycles. The van der Waals surface area contributed by atoms with Gasteiger partial charge in [0.2, 0.25) is 0 Å². The molecule has 3 aliphatic rings. The van der Waals surface area contributed by atoms with Crippen molar-refractivity contribution in [1.82, 2.24) is 0 Å². The van der Waals surface area contributed by atoms with Crippen LogP contribution in [0, 0.1) is 29.6 Å². The molecule has 4 rings (SSSR count). The minimum Gasteiger partial charge on any atom is -0.385 e. The van der Waals surface area contributed by atoms with Crippen LogP contribution in [-0.2, 0) is 0 Å². The van der Waals surface area contributed by atoms with Crippen LogP contribution in [0.4, 0.5) is 5.69 Å². The summed E-state index contributed by atoms with van der Waals surface area (Å²) in [5, 5.41) is 3.74. The molecule has 3 aliphatic carbocycles. The zero-order valence-electron chi connectivity index (χ0n) is 19.1. The average Bonchev–Trinajstić information content (AvgIpc) is 3.31. The van der Waals surface area contributed by atoms with E-state index in [-0.39, 0.29) is 6.04 Å². The summed E-state index contributed by atoms with van der Waals surface area (Å²) in [6.07, 6.45) is 13.5. The lowest BCUT2D eigenvalue weighted by Crippen LogP contribution is -2.34. The van der Waals surface area contributed by atoms with Gasteiger partial charge in [-0.15, -0.1) is 0 Å². The quantitative estimate of drug-likeness (QED) is 0.454. The van der Waals surface area contributed by atoms with Crippen molar-refractivity contribution in [2.75, 3.05) is 11.9 Å². The normalized spacial score (nSPS) is 34.6. The lowest BCUT2D eigenvalue weighted by Gasteiger charge is -2.43. The summed E-state index contributed by atoms with van der Waals surface area (Å²) >= 11 is 0. The minimum absolute atomic E-state index is 0.174. The topological polar surface area (TPSA) is 38.0 Å². The molecule has 0 amide bonds. The van der Waals surface area contributed by atoms with Gasteiger partial charge in [0.05, 0.1) is 0 Å². The largest absolute Gasteiger partial charge is 0.385 e. The molecule has 3 N–H and O–H groups in total. The second kappa shape index (κ2) is 9.41. The van der Waals surface area contributed by atoms with Crippen molar-refractivity contribution in [3.63, 3.8) is 0 Å². The van der Waals surface area contributed by atoms with Crippen LogP contribution in [0.2, 0.25) is 0 Å². The van der Waals surface area contributed by atoms with Crippen LogP contribution < -0.4 is 11.1 Å². The summed E-state index contributed by atoms with van der Waals surface area (Å²) in [6.45, 7) is 8.09. The van der Waals surface area contributed by atoms with Gasteiger partial charge in [0, 0.05) is 18.3 Å². The Hall–Kier alpha value is -1.02. The van der Waals surface area contributed by atoms with Gasteiger partial charge < -0.3 is 11.1 Å². The highest BCUT2D eigenvalue weighted by atomic mass is 14.9. The van der Waals surface area contributed by atoms with Crippen molar-refractivity contribution in [3.8, 4) is 0 Å². The molecule has 162 valence electrons. The van der Waals surface area contributed by atoms with Gasteiger partial charge in [-0.25, -0.2) is 0 Å². The maximum absolute atomic E-state index is 6.64. The SMILES string of the molecule is CCCCNc1cc(C(N)CCC)cc(C2C3CCCC3CC3CC(C)CC32)c1. The predicted molar refractivity (Wildman–Crippen MR) is 125 cm³/mol. The molecule has 0 bridgehead atoms. The Morgan fingerprint density at radius 2 is 1.86 bits per heavy atom. The van der Waals surface area contributed by atoms with Crippen molar-refractivity contribution in [3.05, 3.63) is 29.3 Å². The summed E-state index contributed by atoms with van der Waals surface area (Å²) in [6, 6.07) is 7.57. The van der Waals surface area contributed by atoms with Crippen LogP contribution >= 0.6 is 0 Å². The summed E-state index contributed by atoms with van der Waals surface area (Å²) in [5.74, 6) is 5.47. The standard InChI is InChI=1S/C27H44N2/c1-4-6-11-29-23-16-21(26(28)8-5-2)15-22(17-23)27-24-10-7-9-19(24)14-20-12-18(3)13-25(20)27/h15-20,24-27,29H,4-14,28H2,1-3H3. The fourth-order valence-electron chi connectivity index (χ4n) is 7.26. The van der Waals surface area contributed by atoms with Crippen LogP contribution in [0.25, 0.3) is 0 Å². The van der Waals surface area contributed by atoms with Gasteiger partial charge >= 0.3 is 0 Å². The molecular formula is C27H44N2. The Kier molecular flexibility index (Phi) is 6.89. The van der Waals surface area contributed by atoms with Gasteiger partial charge in [-0.05, 0) is 97.3 Å². The van der Waals surface area contributed by atoms with E-state index in [4.69, 9.17) is 5.73 Å². The summed E-state index contributed by atoms with van der Waals surface area (Å²) in [4.78, 5) is 0. The third-order valence-electron chi connectivity index (χ3n) is 8.48. The number of unbranched alkanes of at least 4 members (excludes halogenated alkanes) is 1. The van der Waals surface area contributed by atoms with Gasteiger partial charge in [-0.3, -0.25) is 0 Å². The van der Waals surface area contributed by atoms with Gasteiger partial charge in [-0.2, -0.15) is 0 Å². The van der Waals surface area contributed by atoms with E-state index in [2.05, 4.69) is 44.3 Å². The Bertz CT molecular complexity index is 669. The highest BCUT2D eigenvalue weighted by molar-refractivity contribution is 5.51. The van der Waals surface area contributed by atoms with Crippen LogP contribution in [0.1, 0.15) is 108 Å². The van der Waals surface area contributed by atoms with E-state index in [1.807, 2.05) is 0 Å². The monoisotopic (exact) mass is 396 g/mol. The second-order valence-corrected chi connectivity index (χ2v) is 10.7. The number of nitrogens with two attached hydrogens (primary N) is 1. The fourth-order valence-corrected chi connectivity index (χ4v) is 7.26. The molecule has 2 nitrogen and oxygen atoms in total. The summed E-state index contributed by atoms with van der Waals surface area (Å²) < 4.78 is 0. The molecule has 2 heteroatoms. The lowest BCUT2D eigenvalue weighted by molar-refractivity contribution is 0.122. The van der Waals surface area contributed by atoms with E-state index >= 15 is 0 Å². The van der Waals surface area contributed by atoms with E-state index in [9.17, 15) is 0 Å². The second-order valence-electron chi connectivity index (χ2n) is 10.7.